The van der Waals surface area contributed by atoms with Crippen LogP contribution in [-0.4, -0.2) is 36.2 Å². The van der Waals surface area contributed by atoms with Gasteiger partial charge < -0.3 is 10.1 Å². The summed E-state index contributed by atoms with van der Waals surface area (Å²) in [5.41, 5.74) is 1.80. The highest BCUT2D eigenvalue weighted by molar-refractivity contribution is 7.89. The third-order valence-corrected chi connectivity index (χ3v) is 7.34. The van der Waals surface area contributed by atoms with E-state index >= 15 is 0 Å². The van der Waals surface area contributed by atoms with E-state index in [4.69, 9.17) is 4.74 Å². The molecular formula is C24H24FN3O4S. The monoisotopic (exact) mass is 469 g/mol. The molecule has 4 rings (SSSR count). The van der Waals surface area contributed by atoms with Gasteiger partial charge in [-0.3, -0.25) is 4.79 Å². The van der Waals surface area contributed by atoms with E-state index in [-0.39, 0.29) is 23.9 Å². The van der Waals surface area contributed by atoms with Crippen LogP contribution in [0.2, 0.25) is 0 Å². The number of hydrogen-bond acceptors (Lipinski definition) is 5. The van der Waals surface area contributed by atoms with Crippen molar-refractivity contribution in [2.45, 2.75) is 36.9 Å². The topological polar surface area (TPSA) is 88.6 Å². The van der Waals surface area contributed by atoms with Gasteiger partial charge in [-0.05, 0) is 54.3 Å². The molecule has 1 amide bonds. The lowest BCUT2D eigenvalue weighted by atomic mass is 10.2. The zero-order valence-corrected chi connectivity index (χ0v) is 18.7. The molecule has 1 fully saturated rings. The van der Waals surface area contributed by atoms with Gasteiger partial charge in [-0.1, -0.05) is 30.3 Å². The fourth-order valence-electron chi connectivity index (χ4n) is 3.71. The summed E-state index contributed by atoms with van der Waals surface area (Å²) in [6.07, 6.45) is 2.60. The number of hydrogen-bond donors (Lipinski definition) is 1. The van der Waals surface area contributed by atoms with E-state index in [1.54, 1.807) is 18.3 Å². The molecule has 7 nitrogen and oxygen atoms in total. The lowest BCUT2D eigenvalue weighted by molar-refractivity contribution is -0.124. The summed E-state index contributed by atoms with van der Waals surface area (Å²) < 4.78 is 46.0. The Hall–Kier alpha value is -3.30. The molecule has 9 heteroatoms. The summed E-state index contributed by atoms with van der Waals surface area (Å²) in [6.45, 7) is 0.830. The molecule has 33 heavy (non-hydrogen) atoms. The molecule has 1 aliphatic heterocycles. The average Bonchev–Trinajstić information content (AvgIpc) is 3.34. The summed E-state index contributed by atoms with van der Waals surface area (Å²) in [5, 5.41) is 2.82. The normalized spacial score (nSPS) is 16.5. The van der Waals surface area contributed by atoms with Crippen molar-refractivity contribution in [3.63, 3.8) is 0 Å². The molecule has 0 spiro atoms. The molecule has 1 atom stereocenters. The van der Waals surface area contributed by atoms with Crippen molar-refractivity contribution in [1.29, 1.82) is 0 Å². The molecule has 1 N–H and O–H groups in total. The number of carbonyl (C=O) groups is 1. The highest BCUT2D eigenvalue weighted by Gasteiger charge is 2.39. The van der Waals surface area contributed by atoms with Crippen molar-refractivity contribution in [2.75, 3.05) is 6.54 Å². The zero-order chi connectivity index (χ0) is 23.3. The molecule has 2 heterocycles. The molecule has 1 aliphatic rings. The van der Waals surface area contributed by atoms with Gasteiger partial charge in [0.2, 0.25) is 21.8 Å². The molecule has 1 aromatic heterocycles. The van der Waals surface area contributed by atoms with E-state index in [1.165, 1.54) is 16.4 Å². The molecule has 0 bridgehead atoms. The molecule has 172 valence electrons. The first-order valence-electron chi connectivity index (χ1n) is 10.6. The molecular weight excluding hydrogens is 445 g/mol. The minimum absolute atomic E-state index is 0.0297. The number of halogens is 1. The first-order valence-corrected chi connectivity index (χ1v) is 12.0. The van der Waals surface area contributed by atoms with E-state index in [9.17, 15) is 17.6 Å². The highest BCUT2D eigenvalue weighted by atomic mass is 32.2. The molecule has 0 aliphatic carbocycles. The van der Waals surface area contributed by atoms with E-state index < -0.39 is 21.9 Å². The largest absolute Gasteiger partial charge is 0.473 e. The van der Waals surface area contributed by atoms with Gasteiger partial charge in [0, 0.05) is 25.4 Å². The second kappa shape index (κ2) is 10.1. The number of carbonyl (C=O) groups excluding carboxylic acids is 1. The first-order chi connectivity index (χ1) is 15.9. The minimum Gasteiger partial charge on any atom is -0.473 e. The van der Waals surface area contributed by atoms with E-state index in [0.29, 0.717) is 25.3 Å². The Balaban J connectivity index is 1.37. The standard InChI is InChI=1S/C24H24FN3O4S/c25-20-8-10-21(11-9-20)33(30,31)28-14-4-7-22(28)24(29)27-16-19-12-13-26-23(15-19)32-17-18-5-2-1-3-6-18/h1-3,5-6,8-13,15,22H,4,7,14,16-17H2,(H,27,29). The Morgan fingerprint density at radius 1 is 1.09 bits per heavy atom. The van der Waals surface area contributed by atoms with E-state index in [1.807, 2.05) is 30.3 Å². The van der Waals surface area contributed by atoms with Crippen LogP contribution < -0.4 is 10.1 Å². The number of nitrogens with one attached hydrogen (secondary N) is 1. The Morgan fingerprint density at radius 3 is 2.61 bits per heavy atom. The molecule has 0 radical (unpaired) electrons. The van der Waals surface area contributed by atoms with Crippen molar-refractivity contribution in [3.05, 3.63) is 89.9 Å². The number of benzene rings is 2. The Kier molecular flexibility index (Phi) is 7.00. The van der Waals surface area contributed by atoms with Gasteiger partial charge in [-0.2, -0.15) is 4.31 Å². The fraction of sp³-hybridized carbons (Fsp3) is 0.250. The van der Waals surface area contributed by atoms with Crippen LogP contribution in [0.25, 0.3) is 0 Å². The summed E-state index contributed by atoms with van der Waals surface area (Å²) in [6, 6.07) is 17.0. The third-order valence-electron chi connectivity index (χ3n) is 5.42. The Bertz CT molecular complexity index is 1200. The summed E-state index contributed by atoms with van der Waals surface area (Å²) in [4.78, 5) is 17.0. The van der Waals surface area contributed by atoms with Crippen molar-refractivity contribution < 1.29 is 22.3 Å². The maximum absolute atomic E-state index is 13.2. The average molecular weight is 470 g/mol. The molecule has 2 aromatic carbocycles. The Morgan fingerprint density at radius 2 is 1.85 bits per heavy atom. The number of amides is 1. The van der Waals surface area contributed by atoms with Crippen molar-refractivity contribution in [2.24, 2.45) is 0 Å². The third kappa shape index (κ3) is 5.55. The fourth-order valence-corrected chi connectivity index (χ4v) is 5.37. The first kappa shape index (κ1) is 22.9. The number of sulfonamides is 1. The van der Waals surface area contributed by atoms with Gasteiger partial charge in [0.05, 0.1) is 4.90 Å². The number of nitrogens with zero attached hydrogens (tertiary/aromatic N) is 2. The van der Waals surface area contributed by atoms with E-state index in [2.05, 4.69) is 10.3 Å². The van der Waals surface area contributed by atoms with Crippen LogP contribution in [0, 0.1) is 5.82 Å². The maximum atomic E-state index is 13.2. The van der Waals surface area contributed by atoms with Gasteiger partial charge in [0.15, 0.2) is 0 Å². The van der Waals surface area contributed by atoms with Crippen LogP contribution >= 0.6 is 0 Å². The number of ether oxygens (including phenoxy) is 1. The molecule has 0 saturated carbocycles. The van der Waals surface area contributed by atoms with Crippen LogP contribution in [0.15, 0.2) is 77.8 Å². The zero-order valence-electron chi connectivity index (χ0n) is 17.9. The van der Waals surface area contributed by atoms with Crippen LogP contribution in [0.1, 0.15) is 24.0 Å². The van der Waals surface area contributed by atoms with Gasteiger partial charge >= 0.3 is 0 Å². The van der Waals surface area contributed by atoms with Crippen LogP contribution in [0.4, 0.5) is 4.39 Å². The van der Waals surface area contributed by atoms with Crippen molar-refractivity contribution >= 4 is 15.9 Å². The van der Waals surface area contributed by atoms with Crippen LogP contribution in [0.3, 0.4) is 0 Å². The van der Waals surface area contributed by atoms with E-state index in [0.717, 1.165) is 23.3 Å². The van der Waals surface area contributed by atoms with Gasteiger partial charge in [-0.15, -0.1) is 0 Å². The molecule has 3 aromatic rings. The van der Waals surface area contributed by atoms with Crippen molar-refractivity contribution in [3.8, 4) is 5.88 Å². The number of pyridine rings is 1. The highest BCUT2D eigenvalue weighted by Crippen LogP contribution is 2.26. The van der Waals surface area contributed by atoms with Crippen LogP contribution in [0.5, 0.6) is 5.88 Å². The summed E-state index contributed by atoms with van der Waals surface area (Å²) in [5.74, 6) is -0.456. The second-order valence-corrected chi connectivity index (χ2v) is 9.61. The predicted octanol–water partition coefficient (Wildman–Crippen LogP) is 3.27. The minimum atomic E-state index is -3.90. The lowest BCUT2D eigenvalue weighted by Crippen LogP contribution is -2.45. The van der Waals surface area contributed by atoms with Gasteiger partial charge in [0.25, 0.3) is 0 Å². The Labute approximate surface area is 192 Å². The quantitative estimate of drug-likeness (QED) is 0.547. The maximum Gasteiger partial charge on any atom is 0.243 e. The van der Waals surface area contributed by atoms with Gasteiger partial charge in [0.1, 0.15) is 18.5 Å². The number of rotatable bonds is 8. The lowest BCUT2D eigenvalue weighted by Gasteiger charge is -2.23. The number of aromatic nitrogens is 1. The summed E-state index contributed by atoms with van der Waals surface area (Å²) >= 11 is 0. The predicted molar refractivity (Wildman–Crippen MR) is 120 cm³/mol. The molecule has 1 saturated heterocycles. The summed E-state index contributed by atoms with van der Waals surface area (Å²) in [7, 11) is -3.90. The molecule has 1 unspecified atom stereocenters. The van der Waals surface area contributed by atoms with Gasteiger partial charge in [-0.25, -0.2) is 17.8 Å². The second-order valence-electron chi connectivity index (χ2n) is 7.72. The van der Waals surface area contributed by atoms with Crippen LogP contribution in [-0.2, 0) is 28.0 Å². The van der Waals surface area contributed by atoms with Crippen molar-refractivity contribution in [1.82, 2.24) is 14.6 Å². The SMILES string of the molecule is O=C(NCc1ccnc(OCc2ccccc2)c1)C1CCCN1S(=O)(=O)c1ccc(F)cc1. The smallest absolute Gasteiger partial charge is 0.243 e.